The molecule has 1 aliphatic rings. The van der Waals surface area contributed by atoms with Crippen LogP contribution >= 0.6 is 11.6 Å². The molecule has 0 spiro atoms. The lowest BCUT2D eigenvalue weighted by molar-refractivity contribution is -0.115. The summed E-state index contributed by atoms with van der Waals surface area (Å²) in [5.41, 5.74) is 1.71. The van der Waals surface area contributed by atoms with E-state index < -0.39 is 0 Å². The molecule has 0 fully saturated rings. The van der Waals surface area contributed by atoms with Crippen molar-refractivity contribution in [2.75, 3.05) is 18.7 Å². The molecular weight excluding hydrogens is 304 g/mol. The van der Waals surface area contributed by atoms with Crippen LogP contribution < -0.4 is 20.1 Å². The summed E-state index contributed by atoms with van der Waals surface area (Å²) in [4.78, 5) is 11.8. The maximum atomic E-state index is 11.8. The molecule has 3 rings (SSSR count). The summed E-state index contributed by atoms with van der Waals surface area (Å²) in [5.74, 6) is 1.37. The summed E-state index contributed by atoms with van der Waals surface area (Å²) in [5, 5.41) is 6.46. The summed E-state index contributed by atoms with van der Waals surface area (Å²) in [6.07, 6.45) is 0. The minimum Gasteiger partial charge on any atom is -0.454 e. The number of fused-ring (bicyclic) bond motifs is 1. The zero-order valence-electron chi connectivity index (χ0n) is 11.8. The highest BCUT2D eigenvalue weighted by Crippen LogP contribution is 2.32. The molecule has 6 heteroatoms. The summed E-state index contributed by atoms with van der Waals surface area (Å²) in [6.45, 7) is 1.04. The number of benzene rings is 2. The monoisotopic (exact) mass is 318 g/mol. The van der Waals surface area contributed by atoms with Crippen molar-refractivity contribution in [2.45, 2.75) is 6.54 Å². The quantitative estimate of drug-likeness (QED) is 0.890. The van der Waals surface area contributed by atoms with Crippen molar-refractivity contribution in [3.8, 4) is 11.5 Å². The maximum Gasteiger partial charge on any atom is 0.238 e. The van der Waals surface area contributed by atoms with Crippen LogP contribution in [0.1, 0.15) is 5.56 Å². The molecule has 22 heavy (non-hydrogen) atoms. The third-order valence-electron chi connectivity index (χ3n) is 3.16. The van der Waals surface area contributed by atoms with Gasteiger partial charge in [0.05, 0.1) is 6.54 Å². The molecule has 114 valence electrons. The SMILES string of the molecule is O=C(CNCc1ccc2c(c1)OCO2)Nc1cccc(Cl)c1. The van der Waals surface area contributed by atoms with Gasteiger partial charge < -0.3 is 20.1 Å². The van der Waals surface area contributed by atoms with Crippen molar-refractivity contribution in [2.24, 2.45) is 0 Å². The van der Waals surface area contributed by atoms with Gasteiger partial charge >= 0.3 is 0 Å². The highest BCUT2D eigenvalue weighted by Gasteiger charge is 2.13. The largest absolute Gasteiger partial charge is 0.454 e. The van der Waals surface area contributed by atoms with Gasteiger partial charge in [-0.25, -0.2) is 0 Å². The third kappa shape index (κ3) is 3.69. The fourth-order valence-corrected chi connectivity index (χ4v) is 2.33. The lowest BCUT2D eigenvalue weighted by Crippen LogP contribution is -2.27. The van der Waals surface area contributed by atoms with Crippen LogP contribution in [0.15, 0.2) is 42.5 Å². The molecule has 5 nitrogen and oxygen atoms in total. The van der Waals surface area contributed by atoms with Crippen molar-refractivity contribution >= 4 is 23.2 Å². The minimum absolute atomic E-state index is 0.122. The first-order valence-electron chi connectivity index (χ1n) is 6.85. The lowest BCUT2D eigenvalue weighted by atomic mass is 10.2. The molecule has 2 aromatic rings. The lowest BCUT2D eigenvalue weighted by Gasteiger charge is -2.07. The highest BCUT2D eigenvalue weighted by molar-refractivity contribution is 6.30. The smallest absolute Gasteiger partial charge is 0.238 e. The second-order valence-electron chi connectivity index (χ2n) is 4.85. The van der Waals surface area contributed by atoms with E-state index in [9.17, 15) is 4.79 Å². The zero-order valence-corrected chi connectivity index (χ0v) is 12.5. The van der Waals surface area contributed by atoms with E-state index >= 15 is 0 Å². The minimum atomic E-state index is -0.122. The molecule has 2 aromatic carbocycles. The van der Waals surface area contributed by atoms with E-state index in [1.54, 1.807) is 24.3 Å². The fraction of sp³-hybridized carbons (Fsp3) is 0.188. The van der Waals surface area contributed by atoms with Gasteiger partial charge in [0.1, 0.15) is 0 Å². The molecule has 0 aliphatic carbocycles. The van der Waals surface area contributed by atoms with Crippen LogP contribution in [0, 0.1) is 0 Å². The Morgan fingerprint density at radius 2 is 2.00 bits per heavy atom. The third-order valence-corrected chi connectivity index (χ3v) is 3.40. The Balaban J connectivity index is 1.47. The second kappa shape index (κ2) is 6.68. The molecule has 0 saturated carbocycles. The Morgan fingerprint density at radius 1 is 1.14 bits per heavy atom. The van der Waals surface area contributed by atoms with Gasteiger partial charge in [-0.3, -0.25) is 4.79 Å². The Morgan fingerprint density at radius 3 is 2.86 bits per heavy atom. The predicted molar refractivity (Wildman–Crippen MR) is 84.4 cm³/mol. The van der Waals surface area contributed by atoms with Crippen LogP contribution in [0.3, 0.4) is 0 Å². The fourth-order valence-electron chi connectivity index (χ4n) is 2.14. The normalized spacial score (nSPS) is 12.2. The molecule has 1 aliphatic heterocycles. The molecule has 0 unspecified atom stereocenters. The first kappa shape index (κ1) is 14.7. The summed E-state index contributed by atoms with van der Waals surface area (Å²) >= 11 is 5.87. The Labute approximate surface area is 133 Å². The molecule has 2 N–H and O–H groups in total. The van der Waals surface area contributed by atoms with Crippen molar-refractivity contribution in [3.05, 3.63) is 53.1 Å². The van der Waals surface area contributed by atoms with Gasteiger partial charge in [0, 0.05) is 17.3 Å². The molecule has 1 amide bonds. The van der Waals surface area contributed by atoms with E-state index in [0.717, 1.165) is 17.1 Å². The first-order chi connectivity index (χ1) is 10.7. The number of halogens is 1. The summed E-state index contributed by atoms with van der Waals surface area (Å²) in [7, 11) is 0. The number of hydrogen-bond donors (Lipinski definition) is 2. The number of amides is 1. The van der Waals surface area contributed by atoms with Crippen molar-refractivity contribution in [1.82, 2.24) is 5.32 Å². The van der Waals surface area contributed by atoms with Gasteiger partial charge in [0.25, 0.3) is 0 Å². The van der Waals surface area contributed by atoms with Gasteiger partial charge in [-0.2, -0.15) is 0 Å². The van der Waals surface area contributed by atoms with Crippen molar-refractivity contribution in [3.63, 3.8) is 0 Å². The summed E-state index contributed by atoms with van der Waals surface area (Å²) in [6, 6.07) is 12.8. The Bertz CT molecular complexity index is 691. The Hall–Kier alpha value is -2.24. The second-order valence-corrected chi connectivity index (χ2v) is 5.29. The average molecular weight is 319 g/mol. The standard InChI is InChI=1S/C16H15ClN2O3/c17-12-2-1-3-13(7-12)19-16(20)9-18-8-11-4-5-14-15(6-11)22-10-21-14/h1-7,18H,8-10H2,(H,19,20). The van der Waals surface area contributed by atoms with E-state index in [0.29, 0.717) is 17.3 Å². The van der Waals surface area contributed by atoms with E-state index in [1.165, 1.54) is 0 Å². The predicted octanol–water partition coefficient (Wildman–Crippen LogP) is 2.80. The molecular formula is C16H15ClN2O3. The van der Waals surface area contributed by atoms with Crippen LogP contribution in [0.4, 0.5) is 5.69 Å². The van der Waals surface area contributed by atoms with Crippen LogP contribution in [0.25, 0.3) is 0 Å². The Kier molecular flexibility index (Phi) is 4.46. The van der Waals surface area contributed by atoms with Crippen LogP contribution in [0.5, 0.6) is 11.5 Å². The zero-order chi connectivity index (χ0) is 15.4. The van der Waals surface area contributed by atoms with Gasteiger partial charge in [-0.1, -0.05) is 23.7 Å². The van der Waals surface area contributed by atoms with Gasteiger partial charge in [-0.15, -0.1) is 0 Å². The molecule has 0 bridgehead atoms. The van der Waals surface area contributed by atoms with Gasteiger partial charge in [0.15, 0.2) is 11.5 Å². The number of rotatable bonds is 5. The van der Waals surface area contributed by atoms with Crippen molar-refractivity contribution in [1.29, 1.82) is 0 Å². The van der Waals surface area contributed by atoms with Crippen LogP contribution in [0.2, 0.25) is 5.02 Å². The topological polar surface area (TPSA) is 59.6 Å². The number of carbonyl (C=O) groups excluding carboxylic acids is 1. The van der Waals surface area contributed by atoms with E-state index in [1.807, 2.05) is 18.2 Å². The van der Waals surface area contributed by atoms with Crippen LogP contribution in [-0.4, -0.2) is 19.2 Å². The first-order valence-corrected chi connectivity index (χ1v) is 7.23. The van der Waals surface area contributed by atoms with E-state index in [2.05, 4.69) is 10.6 Å². The number of anilines is 1. The molecule has 0 radical (unpaired) electrons. The molecule has 1 heterocycles. The number of nitrogens with one attached hydrogen (secondary N) is 2. The van der Waals surface area contributed by atoms with E-state index in [-0.39, 0.29) is 19.2 Å². The van der Waals surface area contributed by atoms with Crippen LogP contribution in [-0.2, 0) is 11.3 Å². The number of ether oxygens (including phenoxy) is 2. The number of hydrogen-bond acceptors (Lipinski definition) is 4. The average Bonchev–Trinajstić information content (AvgIpc) is 2.95. The van der Waals surface area contributed by atoms with Gasteiger partial charge in [-0.05, 0) is 35.9 Å². The molecule has 0 saturated heterocycles. The molecule has 0 aromatic heterocycles. The van der Waals surface area contributed by atoms with Crippen molar-refractivity contribution < 1.29 is 14.3 Å². The maximum absolute atomic E-state index is 11.8. The van der Waals surface area contributed by atoms with Gasteiger partial charge in [0.2, 0.25) is 12.7 Å². The summed E-state index contributed by atoms with van der Waals surface area (Å²) < 4.78 is 10.6. The highest BCUT2D eigenvalue weighted by atomic mass is 35.5. The van der Waals surface area contributed by atoms with E-state index in [4.69, 9.17) is 21.1 Å². The molecule has 0 atom stereocenters. The number of carbonyl (C=O) groups is 1.